The zero-order valence-corrected chi connectivity index (χ0v) is 22.0. The first-order valence-electron chi connectivity index (χ1n) is 13.3. The van der Waals surface area contributed by atoms with Gasteiger partial charge in [0.05, 0.1) is 17.3 Å². The van der Waals surface area contributed by atoms with Crippen molar-refractivity contribution in [3.05, 3.63) is 102 Å². The van der Waals surface area contributed by atoms with Crippen LogP contribution >= 0.6 is 0 Å². The molecule has 0 saturated carbocycles. The summed E-state index contributed by atoms with van der Waals surface area (Å²) in [6.45, 7) is 3.22. The van der Waals surface area contributed by atoms with Crippen molar-refractivity contribution in [3.8, 4) is 0 Å². The minimum Gasteiger partial charge on any atom is -0.343 e. The number of amides is 3. The fourth-order valence-corrected chi connectivity index (χ4v) is 5.12. The molecule has 0 aromatic heterocycles. The highest BCUT2D eigenvalue weighted by molar-refractivity contribution is 5.91. The number of rotatable bonds is 8. The number of anilines is 1. The molecule has 4 rings (SSSR count). The van der Waals surface area contributed by atoms with Crippen LogP contribution in [-0.4, -0.2) is 41.4 Å². The third-order valence-electron chi connectivity index (χ3n) is 7.39. The highest BCUT2D eigenvalue weighted by Crippen LogP contribution is 2.35. The molecular weight excluding hydrogens is 503 g/mol. The Morgan fingerprint density at radius 1 is 0.923 bits per heavy atom. The monoisotopic (exact) mass is 537 g/mol. The summed E-state index contributed by atoms with van der Waals surface area (Å²) in [5.74, 6) is 0.465. The molecule has 206 valence electrons. The Kier molecular flexibility index (Phi) is 9.28. The van der Waals surface area contributed by atoms with Crippen LogP contribution in [0.2, 0.25) is 0 Å². The number of nitrogens with zero attached hydrogens (tertiary/aromatic N) is 2. The molecule has 39 heavy (non-hydrogen) atoms. The molecule has 3 aromatic rings. The number of likely N-dealkylation sites (tertiary alicyclic amines) is 1. The largest absolute Gasteiger partial charge is 0.418 e. The lowest BCUT2D eigenvalue weighted by Crippen LogP contribution is -2.43. The number of nitrogens with one attached hydrogen (secondary N) is 1. The summed E-state index contributed by atoms with van der Waals surface area (Å²) in [6, 6.07) is 23.3. The quantitative estimate of drug-likeness (QED) is 0.331. The lowest BCUT2D eigenvalue weighted by atomic mass is 9.90. The predicted octanol–water partition coefficient (Wildman–Crippen LogP) is 7.17. The van der Waals surface area contributed by atoms with Crippen LogP contribution in [0, 0.1) is 5.92 Å². The number of piperidine rings is 1. The van der Waals surface area contributed by atoms with Crippen LogP contribution in [0.3, 0.4) is 0 Å². The summed E-state index contributed by atoms with van der Waals surface area (Å²) >= 11 is 0. The third-order valence-corrected chi connectivity index (χ3v) is 7.39. The van der Waals surface area contributed by atoms with E-state index in [1.54, 1.807) is 0 Å². The number of alkyl halides is 3. The maximum Gasteiger partial charge on any atom is 0.418 e. The van der Waals surface area contributed by atoms with E-state index < -0.39 is 23.8 Å². The molecule has 1 N–H and O–H groups in total. The molecule has 1 unspecified atom stereocenters. The van der Waals surface area contributed by atoms with E-state index in [4.69, 9.17) is 0 Å². The minimum absolute atomic E-state index is 0.0538. The number of carbonyl (C=O) groups excluding carboxylic acids is 2. The molecular formula is C31H34F3N3O2. The second-order valence-corrected chi connectivity index (χ2v) is 10.0. The zero-order valence-electron chi connectivity index (χ0n) is 22.0. The zero-order chi connectivity index (χ0) is 27.8. The minimum atomic E-state index is -4.61. The van der Waals surface area contributed by atoms with E-state index in [0.717, 1.165) is 30.9 Å². The van der Waals surface area contributed by atoms with Gasteiger partial charge in [-0.15, -0.1) is 0 Å². The van der Waals surface area contributed by atoms with Crippen LogP contribution < -0.4 is 5.32 Å². The van der Waals surface area contributed by atoms with Gasteiger partial charge in [-0.3, -0.25) is 4.79 Å². The second-order valence-electron chi connectivity index (χ2n) is 10.0. The molecule has 0 aliphatic carbocycles. The van der Waals surface area contributed by atoms with Crippen molar-refractivity contribution in [1.29, 1.82) is 0 Å². The molecule has 8 heteroatoms. The number of carbonyl (C=O) groups is 2. The third kappa shape index (κ3) is 7.62. The first kappa shape index (κ1) is 28.2. The second kappa shape index (κ2) is 12.8. The number of halogens is 3. The van der Waals surface area contributed by atoms with Gasteiger partial charge in [0, 0.05) is 26.1 Å². The van der Waals surface area contributed by atoms with Crippen molar-refractivity contribution in [2.45, 2.75) is 44.8 Å². The lowest BCUT2D eigenvalue weighted by molar-refractivity contribution is -0.137. The van der Waals surface area contributed by atoms with E-state index in [-0.39, 0.29) is 24.6 Å². The molecule has 1 heterocycles. The van der Waals surface area contributed by atoms with Crippen LogP contribution in [0.1, 0.15) is 48.9 Å². The first-order valence-corrected chi connectivity index (χ1v) is 13.3. The van der Waals surface area contributed by atoms with Gasteiger partial charge in [-0.05, 0) is 55.4 Å². The Hall–Kier alpha value is -3.81. The van der Waals surface area contributed by atoms with Gasteiger partial charge in [0.15, 0.2) is 0 Å². The average molecular weight is 538 g/mol. The number of benzene rings is 3. The van der Waals surface area contributed by atoms with E-state index in [1.165, 1.54) is 28.7 Å². The molecule has 3 aromatic carbocycles. The van der Waals surface area contributed by atoms with Crippen LogP contribution in [0.5, 0.6) is 0 Å². The summed E-state index contributed by atoms with van der Waals surface area (Å²) in [5, 5.41) is 2.44. The standard InChI is InChI=1S/C31H34F3N3O2/c1-23(26-12-6-3-7-13-26)37(30(39)35-28-15-9-8-14-27(28)31(32,33)34)21-18-29(38)36-19-16-25(17-20-36)22-24-10-4-2-5-11-24/h2-15,23,25H,16-22H2,1H3,(H,35,39). The molecule has 0 spiro atoms. The van der Waals surface area contributed by atoms with Gasteiger partial charge in [0.25, 0.3) is 0 Å². The Morgan fingerprint density at radius 2 is 1.51 bits per heavy atom. The molecule has 1 fully saturated rings. The maximum absolute atomic E-state index is 13.5. The smallest absolute Gasteiger partial charge is 0.343 e. The number of para-hydroxylation sites is 1. The number of hydrogen-bond donors (Lipinski definition) is 1. The molecule has 5 nitrogen and oxygen atoms in total. The highest BCUT2D eigenvalue weighted by atomic mass is 19.4. The lowest BCUT2D eigenvalue weighted by Gasteiger charge is -2.34. The van der Waals surface area contributed by atoms with E-state index in [2.05, 4.69) is 17.4 Å². The topological polar surface area (TPSA) is 52.7 Å². The van der Waals surface area contributed by atoms with E-state index in [9.17, 15) is 22.8 Å². The van der Waals surface area contributed by atoms with Gasteiger partial charge in [-0.1, -0.05) is 72.8 Å². The van der Waals surface area contributed by atoms with Gasteiger partial charge in [-0.2, -0.15) is 13.2 Å². The summed E-state index contributed by atoms with van der Waals surface area (Å²) in [5.41, 5.74) is 0.893. The molecule has 1 saturated heterocycles. The van der Waals surface area contributed by atoms with E-state index in [0.29, 0.717) is 19.0 Å². The highest BCUT2D eigenvalue weighted by Gasteiger charge is 2.34. The van der Waals surface area contributed by atoms with Crippen molar-refractivity contribution >= 4 is 17.6 Å². The summed E-state index contributed by atoms with van der Waals surface area (Å²) in [6.07, 6.45) is -1.69. The van der Waals surface area contributed by atoms with Gasteiger partial charge in [0.1, 0.15) is 0 Å². The van der Waals surface area contributed by atoms with Crippen molar-refractivity contribution < 1.29 is 22.8 Å². The van der Waals surface area contributed by atoms with Gasteiger partial charge in [0.2, 0.25) is 5.91 Å². The van der Waals surface area contributed by atoms with Gasteiger partial charge >= 0.3 is 12.2 Å². The van der Waals surface area contributed by atoms with Gasteiger partial charge in [-0.25, -0.2) is 4.79 Å². The number of urea groups is 1. The molecule has 1 aliphatic rings. The fraction of sp³-hybridized carbons (Fsp3) is 0.355. The summed E-state index contributed by atoms with van der Waals surface area (Å²) in [7, 11) is 0. The normalized spacial score (nSPS) is 15.0. The Morgan fingerprint density at radius 3 is 2.15 bits per heavy atom. The SMILES string of the molecule is CC(c1ccccc1)N(CCC(=O)N1CCC(Cc2ccccc2)CC1)C(=O)Nc1ccccc1C(F)(F)F. The van der Waals surface area contributed by atoms with Crippen LogP contribution in [-0.2, 0) is 17.4 Å². The van der Waals surface area contributed by atoms with Crippen LogP contribution in [0.4, 0.5) is 23.7 Å². The summed E-state index contributed by atoms with van der Waals surface area (Å²) in [4.78, 5) is 29.7. The fourth-order valence-electron chi connectivity index (χ4n) is 5.12. The van der Waals surface area contributed by atoms with Crippen molar-refractivity contribution in [2.24, 2.45) is 5.92 Å². The van der Waals surface area contributed by atoms with E-state index in [1.807, 2.05) is 60.4 Å². The van der Waals surface area contributed by atoms with E-state index >= 15 is 0 Å². The van der Waals surface area contributed by atoms with Crippen molar-refractivity contribution in [3.63, 3.8) is 0 Å². The Balaban J connectivity index is 1.41. The molecule has 1 atom stereocenters. The molecule has 0 bridgehead atoms. The summed E-state index contributed by atoms with van der Waals surface area (Å²) < 4.78 is 40.6. The van der Waals surface area contributed by atoms with Crippen LogP contribution in [0.15, 0.2) is 84.9 Å². The Labute approximate surface area is 227 Å². The maximum atomic E-state index is 13.5. The van der Waals surface area contributed by atoms with Crippen molar-refractivity contribution in [1.82, 2.24) is 9.80 Å². The van der Waals surface area contributed by atoms with Gasteiger partial charge < -0.3 is 15.1 Å². The molecule has 1 aliphatic heterocycles. The van der Waals surface area contributed by atoms with Crippen molar-refractivity contribution in [2.75, 3.05) is 25.0 Å². The Bertz CT molecular complexity index is 1230. The molecule has 0 radical (unpaired) electrons. The average Bonchev–Trinajstić information content (AvgIpc) is 2.94. The first-order chi connectivity index (χ1) is 18.7. The van der Waals surface area contributed by atoms with Crippen LogP contribution in [0.25, 0.3) is 0 Å². The number of hydrogen-bond acceptors (Lipinski definition) is 2. The predicted molar refractivity (Wildman–Crippen MR) is 146 cm³/mol. The molecule has 3 amide bonds.